The van der Waals surface area contributed by atoms with Crippen LogP contribution in [0.2, 0.25) is 0 Å². The molecule has 3 rings (SSSR count). The van der Waals surface area contributed by atoms with Crippen LogP contribution in [0, 0.1) is 11.8 Å². The normalized spacial score (nSPS) is 27.8. The lowest BCUT2D eigenvalue weighted by molar-refractivity contribution is -0.120. The molecule has 84 valence electrons. The maximum atomic E-state index is 11.6. The summed E-state index contributed by atoms with van der Waals surface area (Å²) in [4.78, 5) is 11.6. The van der Waals surface area contributed by atoms with E-state index in [0.717, 1.165) is 37.5 Å². The van der Waals surface area contributed by atoms with Gasteiger partial charge in [-0.15, -0.1) is 0 Å². The van der Waals surface area contributed by atoms with Crippen molar-refractivity contribution in [2.75, 3.05) is 0 Å². The molecule has 1 aromatic rings. The molecule has 0 heterocycles. The minimum Gasteiger partial charge on any atom is -0.299 e. The van der Waals surface area contributed by atoms with Crippen LogP contribution in [0.25, 0.3) is 0 Å². The zero-order valence-corrected chi connectivity index (χ0v) is 9.56. The Bertz CT molecular complexity index is 378. The molecular formula is C15H18O. The van der Waals surface area contributed by atoms with E-state index in [2.05, 4.69) is 30.3 Å². The predicted octanol–water partition coefficient (Wildman–Crippen LogP) is 3.55. The molecule has 0 N–H and O–H groups in total. The van der Waals surface area contributed by atoms with Crippen LogP contribution in [0.3, 0.4) is 0 Å². The van der Waals surface area contributed by atoms with Crippen LogP contribution in [0.4, 0.5) is 0 Å². The van der Waals surface area contributed by atoms with Gasteiger partial charge in [0, 0.05) is 12.3 Å². The first kappa shape index (κ1) is 10.1. The SMILES string of the molecule is O=C(CCC1CC1c1ccccc1)C1CC1. The fourth-order valence-electron chi connectivity index (χ4n) is 2.61. The van der Waals surface area contributed by atoms with Crippen LogP contribution in [0.1, 0.15) is 43.6 Å². The van der Waals surface area contributed by atoms with Gasteiger partial charge in [0.15, 0.2) is 0 Å². The third-order valence-electron chi connectivity index (χ3n) is 3.94. The van der Waals surface area contributed by atoms with Gasteiger partial charge < -0.3 is 0 Å². The van der Waals surface area contributed by atoms with Gasteiger partial charge in [0.05, 0.1) is 0 Å². The maximum absolute atomic E-state index is 11.6. The first-order chi connectivity index (χ1) is 7.84. The molecule has 1 aromatic carbocycles. The van der Waals surface area contributed by atoms with Crippen molar-refractivity contribution in [3.05, 3.63) is 35.9 Å². The maximum Gasteiger partial charge on any atom is 0.135 e. The monoisotopic (exact) mass is 214 g/mol. The van der Waals surface area contributed by atoms with E-state index in [1.54, 1.807) is 0 Å². The van der Waals surface area contributed by atoms with E-state index in [9.17, 15) is 4.79 Å². The highest BCUT2D eigenvalue weighted by Gasteiger charge is 2.39. The first-order valence-corrected chi connectivity index (χ1v) is 6.42. The number of benzene rings is 1. The van der Waals surface area contributed by atoms with Crippen LogP contribution in [0.15, 0.2) is 30.3 Å². The Balaban J connectivity index is 1.47. The van der Waals surface area contributed by atoms with Gasteiger partial charge in [-0.3, -0.25) is 4.79 Å². The summed E-state index contributed by atoms with van der Waals surface area (Å²) >= 11 is 0. The third kappa shape index (κ3) is 2.18. The molecule has 0 spiro atoms. The van der Waals surface area contributed by atoms with Crippen LogP contribution in [-0.4, -0.2) is 5.78 Å². The Morgan fingerprint density at radius 3 is 2.62 bits per heavy atom. The van der Waals surface area contributed by atoms with Crippen molar-refractivity contribution in [3.63, 3.8) is 0 Å². The van der Waals surface area contributed by atoms with E-state index in [1.807, 2.05) is 0 Å². The number of carbonyl (C=O) groups excluding carboxylic acids is 1. The largest absolute Gasteiger partial charge is 0.299 e. The minimum atomic E-state index is 0.453. The van der Waals surface area contributed by atoms with Crippen LogP contribution in [-0.2, 0) is 4.79 Å². The summed E-state index contributed by atoms with van der Waals surface area (Å²) in [5.74, 6) is 2.51. The van der Waals surface area contributed by atoms with E-state index in [-0.39, 0.29) is 0 Å². The molecule has 2 fully saturated rings. The van der Waals surface area contributed by atoms with Gasteiger partial charge in [-0.1, -0.05) is 30.3 Å². The fourth-order valence-corrected chi connectivity index (χ4v) is 2.61. The Hall–Kier alpha value is -1.11. The molecule has 0 radical (unpaired) electrons. The average Bonchev–Trinajstić information content (AvgIpc) is 3.18. The molecule has 2 aliphatic carbocycles. The lowest BCUT2D eigenvalue weighted by atomic mass is 10.0. The zero-order valence-electron chi connectivity index (χ0n) is 9.56. The number of carbonyl (C=O) groups is 1. The molecule has 0 amide bonds. The molecule has 2 atom stereocenters. The van der Waals surface area contributed by atoms with Gasteiger partial charge >= 0.3 is 0 Å². The molecule has 2 saturated carbocycles. The van der Waals surface area contributed by atoms with E-state index in [0.29, 0.717) is 11.7 Å². The van der Waals surface area contributed by atoms with Gasteiger partial charge in [-0.05, 0) is 43.1 Å². The van der Waals surface area contributed by atoms with Crippen molar-refractivity contribution < 1.29 is 4.79 Å². The van der Waals surface area contributed by atoms with Gasteiger partial charge in [0.1, 0.15) is 5.78 Å². The second kappa shape index (κ2) is 4.04. The summed E-state index contributed by atoms with van der Waals surface area (Å²) in [7, 11) is 0. The lowest BCUT2D eigenvalue weighted by Gasteiger charge is -2.00. The average molecular weight is 214 g/mol. The van der Waals surface area contributed by atoms with Crippen molar-refractivity contribution in [1.82, 2.24) is 0 Å². The molecule has 1 heteroatoms. The van der Waals surface area contributed by atoms with Crippen molar-refractivity contribution >= 4 is 5.78 Å². The summed E-state index contributed by atoms with van der Waals surface area (Å²) in [6.07, 6.45) is 5.56. The Labute approximate surface area is 96.9 Å². The summed E-state index contributed by atoms with van der Waals surface area (Å²) in [6.45, 7) is 0. The van der Waals surface area contributed by atoms with Gasteiger partial charge in [0.25, 0.3) is 0 Å². The molecule has 16 heavy (non-hydrogen) atoms. The first-order valence-electron chi connectivity index (χ1n) is 6.42. The standard InChI is InChI=1S/C15H18O/c16-15(12-6-7-12)9-8-13-10-14(13)11-4-2-1-3-5-11/h1-5,12-14H,6-10H2. The Kier molecular flexibility index (Phi) is 2.55. The van der Waals surface area contributed by atoms with E-state index < -0.39 is 0 Å². The quantitative estimate of drug-likeness (QED) is 0.732. The highest BCUT2D eigenvalue weighted by Crippen LogP contribution is 2.50. The Morgan fingerprint density at radius 2 is 1.94 bits per heavy atom. The van der Waals surface area contributed by atoms with E-state index in [4.69, 9.17) is 0 Å². The molecule has 0 bridgehead atoms. The second-order valence-electron chi connectivity index (χ2n) is 5.29. The molecule has 1 nitrogen and oxygen atoms in total. The topological polar surface area (TPSA) is 17.1 Å². The van der Waals surface area contributed by atoms with Crippen molar-refractivity contribution in [3.8, 4) is 0 Å². The van der Waals surface area contributed by atoms with E-state index in [1.165, 1.54) is 12.0 Å². The van der Waals surface area contributed by atoms with Gasteiger partial charge in [-0.25, -0.2) is 0 Å². The molecule has 0 saturated heterocycles. The van der Waals surface area contributed by atoms with Crippen LogP contribution in [0.5, 0.6) is 0 Å². The number of hydrogen-bond acceptors (Lipinski definition) is 1. The number of ketones is 1. The molecule has 0 aromatic heterocycles. The lowest BCUT2D eigenvalue weighted by Crippen LogP contribution is -2.00. The van der Waals surface area contributed by atoms with Gasteiger partial charge in [-0.2, -0.15) is 0 Å². The highest BCUT2D eigenvalue weighted by atomic mass is 16.1. The summed E-state index contributed by atoms with van der Waals surface area (Å²) in [5, 5.41) is 0. The second-order valence-corrected chi connectivity index (χ2v) is 5.29. The summed E-state index contributed by atoms with van der Waals surface area (Å²) < 4.78 is 0. The molecular weight excluding hydrogens is 196 g/mol. The molecule has 2 unspecified atom stereocenters. The van der Waals surface area contributed by atoms with Crippen LogP contribution >= 0.6 is 0 Å². The third-order valence-corrected chi connectivity index (χ3v) is 3.94. The number of hydrogen-bond donors (Lipinski definition) is 0. The minimum absolute atomic E-state index is 0.453. The number of rotatable bonds is 5. The van der Waals surface area contributed by atoms with Crippen molar-refractivity contribution in [1.29, 1.82) is 0 Å². The summed E-state index contributed by atoms with van der Waals surface area (Å²) in [5.41, 5.74) is 1.46. The number of Topliss-reactive ketones (excluding diaryl/α,β-unsaturated/α-hetero) is 1. The smallest absolute Gasteiger partial charge is 0.135 e. The van der Waals surface area contributed by atoms with Crippen molar-refractivity contribution in [2.24, 2.45) is 11.8 Å². The molecule has 2 aliphatic rings. The zero-order chi connectivity index (χ0) is 11.0. The van der Waals surface area contributed by atoms with E-state index >= 15 is 0 Å². The molecule has 0 aliphatic heterocycles. The van der Waals surface area contributed by atoms with Crippen molar-refractivity contribution in [2.45, 2.75) is 38.0 Å². The predicted molar refractivity (Wildman–Crippen MR) is 64.3 cm³/mol. The summed E-state index contributed by atoms with van der Waals surface area (Å²) in [6, 6.07) is 10.7. The Morgan fingerprint density at radius 1 is 1.19 bits per heavy atom. The highest BCUT2D eigenvalue weighted by molar-refractivity contribution is 5.83. The van der Waals surface area contributed by atoms with Crippen LogP contribution < -0.4 is 0 Å². The van der Waals surface area contributed by atoms with Gasteiger partial charge in [0.2, 0.25) is 0 Å². The fraction of sp³-hybridized carbons (Fsp3) is 0.533.